The maximum absolute atomic E-state index is 6.11. The number of hydrogen-bond acceptors (Lipinski definition) is 5. The molecule has 132 valence electrons. The van der Waals surface area contributed by atoms with Crippen LogP contribution in [0.5, 0.6) is 0 Å². The molecule has 0 N–H and O–H groups in total. The number of hydrogen-bond donors (Lipinski definition) is 0. The molecule has 5 nitrogen and oxygen atoms in total. The second kappa shape index (κ2) is 7.38. The Bertz CT molecular complexity index is 604. The van der Waals surface area contributed by atoms with Gasteiger partial charge in [-0.2, -0.15) is 0 Å². The molecular formula is C18H26ClN3O2. The van der Waals surface area contributed by atoms with Crippen LogP contribution >= 0.6 is 11.6 Å². The van der Waals surface area contributed by atoms with Crippen molar-refractivity contribution in [2.75, 3.05) is 25.2 Å². The highest BCUT2D eigenvalue weighted by Crippen LogP contribution is 2.38. The lowest BCUT2D eigenvalue weighted by atomic mass is 9.89. The third-order valence-corrected chi connectivity index (χ3v) is 5.29. The summed E-state index contributed by atoms with van der Waals surface area (Å²) >= 11 is 6.11. The minimum absolute atomic E-state index is 0.334. The first-order valence-electron chi connectivity index (χ1n) is 8.73. The van der Waals surface area contributed by atoms with E-state index < -0.39 is 0 Å². The molecule has 0 radical (unpaired) electrons. The molecule has 0 aromatic carbocycles. The maximum atomic E-state index is 6.11. The van der Waals surface area contributed by atoms with E-state index in [1.54, 1.807) is 6.20 Å². The van der Waals surface area contributed by atoms with Crippen molar-refractivity contribution in [3.05, 3.63) is 22.6 Å². The zero-order valence-corrected chi connectivity index (χ0v) is 15.5. The van der Waals surface area contributed by atoms with Crippen molar-refractivity contribution >= 4 is 23.5 Å². The molecule has 0 atom stereocenters. The monoisotopic (exact) mass is 351 g/mol. The van der Waals surface area contributed by atoms with Crippen molar-refractivity contribution < 1.29 is 9.47 Å². The Kier molecular flexibility index (Phi) is 5.42. The van der Waals surface area contributed by atoms with Crippen LogP contribution < -0.4 is 4.90 Å². The molecule has 1 aliphatic heterocycles. The van der Waals surface area contributed by atoms with E-state index in [9.17, 15) is 0 Å². The van der Waals surface area contributed by atoms with Crippen molar-refractivity contribution in [1.29, 1.82) is 0 Å². The fourth-order valence-electron chi connectivity index (χ4n) is 3.45. The van der Waals surface area contributed by atoms with Crippen LogP contribution in [0.1, 0.15) is 51.6 Å². The van der Waals surface area contributed by atoms with E-state index in [4.69, 9.17) is 21.1 Å². The van der Waals surface area contributed by atoms with Crippen molar-refractivity contribution in [3.8, 4) is 0 Å². The van der Waals surface area contributed by atoms with Gasteiger partial charge >= 0.3 is 0 Å². The molecule has 2 aliphatic rings. The molecule has 1 saturated heterocycles. The van der Waals surface area contributed by atoms with Gasteiger partial charge in [-0.05, 0) is 32.3 Å². The Hall–Kier alpha value is -1.17. The molecule has 1 aromatic heterocycles. The number of ether oxygens (including phenoxy) is 2. The van der Waals surface area contributed by atoms with Crippen LogP contribution in [0.15, 0.2) is 11.8 Å². The summed E-state index contributed by atoms with van der Waals surface area (Å²) in [6, 6.07) is 0.394. The Balaban J connectivity index is 1.77. The van der Waals surface area contributed by atoms with Crippen LogP contribution in [-0.2, 0) is 9.47 Å². The molecule has 0 unspecified atom stereocenters. The summed E-state index contributed by atoms with van der Waals surface area (Å²) in [5.74, 6) is 0.517. The Labute approximate surface area is 149 Å². The number of anilines is 1. The topological polar surface area (TPSA) is 47.5 Å². The van der Waals surface area contributed by atoms with Crippen molar-refractivity contribution in [2.24, 2.45) is 0 Å². The van der Waals surface area contributed by atoms with Crippen LogP contribution in [0.4, 0.5) is 5.82 Å². The number of rotatable bonds is 4. The SMILES string of the molecule is CC/C(C)=C\c1ncc(Cl)nc1N(C)C1CCC2(CC1)OCCO2. The molecule has 0 bridgehead atoms. The summed E-state index contributed by atoms with van der Waals surface area (Å²) in [6.07, 6.45) is 8.59. The summed E-state index contributed by atoms with van der Waals surface area (Å²) < 4.78 is 11.7. The van der Waals surface area contributed by atoms with E-state index in [0.717, 1.165) is 43.6 Å². The molecule has 6 heteroatoms. The van der Waals surface area contributed by atoms with Crippen LogP contribution in [0.3, 0.4) is 0 Å². The quantitative estimate of drug-likeness (QED) is 0.818. The summed E-state index contributed by atoms with van der Waals surface area (Å²) in [4.78, 5) is 11.3. The average Bonchev–Trinajstić information content (AvgIpc) is 3.04. The molecule has 1 aromatic rings. The first-order valence-corrected chi connectivity index (χ1v) is 9.11. The Morgan fingerprint density at radius 1 is 1.38 bits per heavy atom. The fourth-order valence-corrected chi connectivity index (χ4v) is 3.58. The molecule has 24 heavy (non-hydrogen) atoms. The van der Waals surface area contributed by atoms with E-state index >= 15 is 0 Å². The third-order valence-electron chi connectivity index (χ3n) is 5.11. The molecule has 2 heterocycles. The summed E-state index contributed by atoms with van der Waals surface area (Å²) in [6.45, 7) is 5.68. The second-order valence-electron chi connectivity index (χ2n) is 6.70. The molecule has 3 rings (SSSR count). The minimum Gasteiger partial charge on any atom is -0.355 e. The highest BCUT2D eigenvalue weighted by molar-refractivity contribution is 6.29. The zero-order valence-electron chi connectivity index (χ0n) is 14.7. The van der Waals surface area contributed by atoms with Crippen LogP contribution in [-0.4, -0.2) is 42.1 Å². The smallest absolute Gasteiger partial charge is 0.168 e. The van der Waals surface area contributed by atoms with Gasteiger partial charge in [-0.1, -0.05) is 24.1 Å². The number of halogens is 1. The zero-order chi connectivity index (χ0) is 17.2. The van der Waals surface area contributed by atoms with Gasteiger partial charge in [0.2, 0.25) is 0 Å². The normalized spacial score (nSPS) is 21.4. The van der Waals surface area contributed by atoms with Gasteiger partial charge in [-0.3, -0.25) is 0 Å². The second-order valence-corrected chi connectivity index (χ2v) is 7.08. The molecule has 1 saturated carbocycles. The van der Waals surface area contributed by atoms with E-state index in [0.29, 0.717) is 24.4 Å². The Morgan fingerprint density at radius 2 is 2.04 bits per heavy atom. The lowest BCUT2D eigenvalue weighted by Gasteiger charge is -2.39. The first-order chi connectivity index (χ1) is 11.5. The van der Waals surface area contributed by atoms with E-state index in [1.165, 1.54) is 5.57 Å². The van der Waals surface area contributed by atoms with Gasteiger partial charge in [0.05, 0.1) is 19.4 Å². The third kappa shape index (κ3) is 3.73. The Morgan fingerprint density at radius 3 is 2.67 bits per heavy atom. The number of aromatic nitrogens is 2. The van der Waals surface area contributed by atoms with Crippen molar-refractivity contribution in [1.82, 2.24) is 9.97 Å². The standard InChI is InChI=1S/C18H26ClN3O2/c1-4-13(2)11-15-17(21-16(19)12-20-15)22(3)14-5-7-18(8-6-14)23-9-10-24-18/h11-12,14H,4-10H2,1-3H3/b13-11-. The number of allylic oxidation sites excluding steroid dienone is 1. The van der Waals surface area contributed by atoms with Crippen LogP contribution in [0, 0.1) is 0 Å². The van der Waals surface area contributed by atoms with E-state index in [1.807, 2.05) is 0 Å². The van der Waals surface area contributed by atoms with E-state index in [-0.39, 0.29) is 5.79 Å². The predicted octanol–water partition coefficient (Wildman–Crippen LogP) is 4.07. The van der Waals surface area contributed by atoms with Gasteiger partial charge in [-0.25, -0.2) is 9.97 Å². The maximum Gasteiger partial charge on any atom is 0.168 e. The van der Waals surface area contributed by atoms with E-state index in [2.05, 4.69) is 41.8 Å². The van der Waals surface area contributed by atoms with Gasteiger partial charge in [0, 0.05) is 25.9 Å². The summed E-state index contributed by atoms with van der Waals surface area (Å²) in [5.41, 5.74) is 2.16. The van der Waals surface area contributed by atoms with Crippen LogP contribution in [0.2, 0.25) is 5.15 Å². The van der Waals surface area contributed by atoms with Gasteiger partial charge in [0.25, 0.3) is 0 Å². The van der Waals surface area contributed by atoms with Crippen LogP contribution in [0.25, 0.3) is 6.08 Å². The van der Waals surface area contributed by atoms with Gasteiger partial charge in [0.15, 0.2) is 11.6 Å². The van der Waals surface area contributed by atoms with Gasteiger partial charge < -0.3 is 14.4 Å². The predicted molar refractivity (Wildman–Crippen MR) is 96.3 cm³/mol. The fraction of sp³-hybridized carbons (Fsp3) is 0.667. The highest BCUT2D eigenvalue weighted by atomic mass is 35.5. The average molecular weight is 352 g/mol. The largest absolute Gasteiger partial charge is 0.355 e. The minimum atomic E-state index is -0.334. The lowest BCUT2D eigenvalue weighted by molar-refractivity contribution is -0.178. The molecular weight excluding hydrogens is 326 g/mol. The first kappa shape index (κ1) is 17.6. The summed E-state index contributed by atoms with van der Waals surface area (Å²) in [7, 11) is 2.08. The van der Waals surface area contributed by atoms with Gasteiger partial charge in [0.1, 0.15) is 10.8 Å². The lowest BCUT2D eigenvalue weighted by Crippen LogP contribution is -2.43. The summed E-state index contributed by atoms with van der Waals surface area (Å²) in [5, 5.41) is 0.429. The number of nitrogens with zero attached hydrogens (tertiary/aromatic N) is 3. The van der Waals surface area contributed by atoms with Crippen molar-refractivity contribution in [3.63, 3.8) is 0 Å². The highest BCUT2D eigenvalue weighted by Gasteiger charge is 2.41. The van der Waals surface area contributed by atoms with Crippen molar-refractivity contribution in [2.45, 2.75) is 57.8 Å². The molecule has 0 amide bonds. The molecule has 1 aliphatic carbocycles. The molecule has 1 spiro atoms. The molecule has 2 fully saturated rings. The van der Waals surface area contributed by atoms with Gasteiger partial charge in [-0.15, -0.1) is 0 Å².